The van der Waals surface area contributed by atoms with Crippen LogP contribution in [0.25, 0.3) is 0 Å². The van der Waals surface area contributed by atoms with Gasteiger partial charge in [0.2, 0.25) is 5.91 Å². The largest absolute Gasteiger partial charge is 0.302 e. The number of aromatic nitrogens is 2. The monoisotopic (exact) mass is 327 g/mol. The van der Waals surface area contributed by atoms with Crippen LogP contribution in [0.15, 0.2) is 6.20 Å². The minimum Gasteiger partial charge on any atom is -0.294 e. The maximum atomic E-state index is 12.6. The van der Waals surface area contributed by atoms with Crippen molar-refractivity contribution in [2.75, 3.05) is 17.2 Å². The second kappa shape index (κ2) is 5.18. The Morgan fingerprint density at radius 3 is 2.74 bits per heavy atom. The Bertz CT molecular complexity index is 625. The summed E-state index contributed by atoms with van der Waals surface area (Å²) < 4.78 is 33.8. The van der Waals surface area contributed by atoms with Gasteiger partial charge in [0, 0.05) is 18.9 Å². The maximum Gasteiger partial charge on any atom is 0.302 e. The molecule has 1 fully saturated rings. The molecular weight excluding hydrogens is 320 g/mol. The third-order valence-corrected chi connectivity index (χ3v) is 3.88. The van der Waals surface area contributed by atoms with Crippen molar-refractivity contribution in [3.63, 3.8) is 0 Å². The van der Waals surface area contributed by atoms with Crippen LogP contribution in [0, 0.1) is 5.92 Å². The van der Waals surface area contributed by atoms with Gasteiger partial charge in [-0.05, 0) is 0 Å². The highest BCUT2D eigenvalue weighted by Crippen LogP contribution is 2.29. The second-order valence-corrected chi connectivity index (χ2v) is 6.24. The molecule has 2 heterocycles. The Morgan fingerprint density at radius 2 is 2.16 bits per heavy atom. The molecule has 19 heavy (non-hydrogen) atoms. The SMILES string of the molecule is O=C1CC(CS(=O)(=O)F)CN1c1ncc(Cl)nc1Cl. The number of amides is 1. The molecule has 0 radical (unpaired) electrons. The van der Waals surface area contributed by atoms with Crippen LogP contribution in [0.3, 0.4) is 0 Å². The summed E-state index contributed by atoms with van der Waals surface area (Å²) in [7, 11) is -4.62. The Hall–Kier alpha value is -0.990. The van der Waals surface area contributed by atoms with E-state index in [1.807, 2.05) is 0 Å². The first-order valence-corrected chi connectivity index (χ1v) is 7.48. The lowest BCUT2D eigenvalue weighted by Gasteiger charge is -2.15. The fourth-order valence-electron chi connectivity index (χ4n) is 1.90. The van der Waals surface area contributed by atoms with Gasteiger partial charge in [-0.25, -0.2) is 9.97 Å². The molecule has 1 saturated heterocycles. The first kappa shape index (κ1) is 14.4. The van der Waals surface area contributed by atoms with Crippen molar-refractivity contribution in [1.29, 1.82) is 0 Å². The molecule has 1 unspecified atom stereocenters. The van der Waals surface area contributed by atoms with Gasteiger partial charge in [-0.15, -0.1) is 3.89 Å². The predicted octanol–water partition coefficient (Wildman–Crippen LogP) is 1.44. The van der Waals surface area contributed by atoms with Crippen LogP contribution in [0.2, 0.25) is 10.3 Å². The molecule has 0 aliphatic carbocycles. The fraction of sp³-hybridized carbons (Fsp3) is 0.444. The molecule has 104 valence electrons. The first-order valence-electron chi connectivity index (χ1n) is 5.17. The van der Waals surface area contributed by atoms with Gasteiger partial charge in [0.15, 0.2) is 11.0 Å². The van der Waals surface area contributed by atoms with Gasteiger partial charge in [0.05, 0.1) is 11.9 Å². The molecule has 1 aromatic heterocycles. The number of hydrogen-bond acceptors (Lipinski definition) is 5. The third kappa shape index (κ3) is 3.52. The van der Waals surface area contributed by atoms with Crippen molar-refractivity contribution in [3.05, 3.63) is 16.5 Å². The fourth-order valence-corrected chi connectivity index (χ4v) is 3.11. The van der Waals surface area contributed by atoms with E-state index in [-0.39, 0.29) is 35.0 Å². The molecular formula is C9H8Cl2FN3O3S. The standard InChI is InChI=1S/C9H8Cl2FN3O3S/c10-6-2-13-9(8(11)14-6)15-3-5(1-7(15)16)4-19(12,17)18/h2,5H,1,3-4H2. The summed E-state index contributed by atoms with van der Waals surface area (Å²) in [6, 6.07) is 0. The zero-order valence-corrected chi connectivity index (χ0v) is 11.7. The van der Waals surface area contributed by atoms with Crippen LogP contribution in [0.5, 0.6) is 0 Å². The lowest BCUT2D eigenvalue weighted by atomic mass is 10.1. The molecule has 6 nitrogen and oxygen atoms in total. The van der Waals surface area contributed by atoms with E-state index in [0.29, 0.717) is 0 Å². The molecule has 1 atom stereocenters. The van der Waals surface area contributed by atoms with Crippen molar-refractivity contribution in [2.24, 2.45) is 5.92 Å². The molecule has 0 aromatic carbocycles. The van der Waals surface area contributed by atoms with Gasteiger partial charge < -0.3 is 0 Å². The molecule has 1 aromatic rings. The second-order valence-electron chi connectivity index (χ2n) is 4.09. The van der Waals surface area contributed by atoms with Crippen LogP contribution in [-0.4, -0.2) is 36.6 Å². The highest BCUT2D eigenvalue weighted by Gasteiger charge is 2.35. The summed E-state index contributed by atoms with van der Waals surface area (Å²) in [6.45, 7) is 0.0258. The number of halogens is 3. The molecule has 1 aliphatic heterocycles. The number of carbonyl (C=O) groups excluding carboxylic acids is 1. The van der Waals surface area contributed by atoms with Crippen molar-refractivity contribution in [1.82, 2.24) is 9.97 Å². The quantitative estimate of drug-likeness (QED) is 0.784. The van der Waals surface area contributed by atoms with Crippen LogP contribution in [0.4, 0.5) is 9.70 Å². The highest BCUT2D eigenvalue weighted by atomic mass is 35.5. The van der Waals surface area contributed by atoms with Gasteiger partial charge in [-0.1, -0.05) is 23.2 Å². The van der Waals surface area contributed by atoms with Crippen molar-refractivity contribution in [3.8, 4) is 0 Å². The normalized spacial score (nSPS) is 20.1. The summed E-state index contributed by atoms with van der Waals surface area (Å²) in [5.41, 5.74) is 0. The van der Waals surface area contributed by atoms with Gasteiger partial charge >= 0.3 is 10.2 Å². The van der Waals surface area contributed by atoms with Crippen LogP contribution >= 0.6 is 23.2 Å². The topological polar surface area (TPSA) is 80.2 Å². The van der Waals surface area contributed by atoms with Crippen LogP contribution in [0.1, 0.15) is 6.42 Å². The third-order valence-electron chi connectivity index (χ3n) is 2.58. The summed E-state index contributed by atoms with van der Waals surface area (Å²) in [6.07, 6.45) is 1.14. The lowest BCUT2D eigenvalue weighted by molar-refractivity contribution is -0.117. The Morgan fingerprint density at radius 1 is 1.47 bits per heavy atom. The van der Waals surface area contributed by atoms with E-state index in [2.05, 4.69) is 9.97 Å². The molecule has 0 saturated carbocycles. The van der Waals surface area contributed by atoms with E-state index >= 15 is 0 Å². The van der Waals surface area contributed by atoms with Gasteiger partial charge in [-0.3, -0.25) is 9.69 Å². The zero-order chi connectivity index (χ0) is 14.2. The number of rotatable bonds is 3. The van der Waals surface area contributed by atoms with Crippen molar-refractivity contribution >= 4 is 45.2 Å². The van der Waals surface area contributed by atoms with E-state index in [1.54, 1.807) is 0 Å². The number of carbonyl (C=O) groups is 1. The summed E-state index contributed by atoms with van der Waals surface area (Å²) in [5.74, 6) is -1.62. The summed E-state index contributed by atoms with van der Waals surface area (Å²) in [5, 5.41) is 0.00730. The highest BCUT2D eigenvalue weighted by molar-refractivity contribution is 7.86. The molecule has 10 heteroatoms. The van der Waals surface area contributed by atoms with Crippen LogP contribution in [-0.2, 0) is 15.0 Å². The average molecular weight is 328 g/mol. The number of hydrogen-bond donors (Lipinski definition) is 0. The van der Waals surface area contributed by atoms with E-state index in [0.717, 1.165) is 0 Å². The van der Waals surface area contributed by atoms with Gasteiger partial charge in [0.1, 0.15) is 5.15 Å². The Balaban J connectivity index is 2.20. The van der Waals surface area contributed by atoms with Gasteiger partial charge in [-0.2, -0.15) is 8.42 Å². The first-order chi connectivity index (χ1) is 8.76. The average Bonchev–Trinajstić information content (AvgIpc) is 2.56. The Labute approximate surface area is 118 Å². The van der Waals surface area contributed by atoms with Crippen LogP contribution < -0.4 is 4.90 Å². The minimum absolute atomic E-state index is 0.0258. The molecule has 0 N–H and O–H groups in total. The van der Waals surface area contributed by atoms with E-state index in [9.17, 15) is 17.1 Å². The summed E-state index contributed by atoms with van der Waals surface area (Å²) in [4.78, 5) is 20.6. The number of anilines is 1. The van der Waals surface area contributed by atoms with E-state index in [1.165, 1.54) is 11.1 Å². The van der Waals surface area contributed by atoms with Crippen molar-refractivity contribution < 1.29 is 17.1 Å². The number of nitrogens with zero attached hydrogens (tertiary/aromatic N) is 3. The van der Waals surface area contributed by atoms with Crippen molar-refractivity contribution in [2.45, 2.75) is 6.42 Å². The molecule has 0 bridgehead atoms. The molecule has 1 aliphatic rings. The van der Waals surface area contributed by atoms with Gasteiger partial charge in [0.25, 0.3) is 0 Å². The smallest absolute Gasteiger partial charge is 0.294 e. The minimum atomic E-state index is -4.62. The maximum absolute atomic E-state index is 12.6. The molecule has 1 amide bonds. The lowest BCUT2D eigenvalue weighted by Crippen LogP contribution is -2.26. The molecule has 0 spiro atoms. The van der Waals surface area contributed by atoms with E-state index < -0.39 is 21.9 Å². The van der Waals surface area contributed by atoms with E-state index in [4.69, 9.17) is 23.2 Å². The Kier molecular flexibility index (Phi) is 3.93. The summed E-state index contributed by atoms with van der Waals surface area (Å²) >= 11 is 11.4. The zero-order valence-electron chi connectivity index (χ0n) is 9.38. The predicted molar refractivity (Wildman–Crippen MR) is 67.4 cm³/mol. The molecule has 2 rings (SSSR count).